The zero-order chi connectivity index (χ0) is 22.9. The molecule has 1 saturated heterocycles. The van der Waals surface area contributed by atoms with Crippen LogP contribution in [0.3, 0.4) is 0 Å². The number of nitrogens with two attached hydrogens (primary N) is 2. The van der Waals surface area contributed by atoms with E-state index in [1.54, 1.807) is 6.07 Å². The minimum Gasteiger partial charge on any atom is -0.384 e. The second-order valence-electron chi connectivity index (χ2n) is 7.28. The van der Waals surface area contributed by atoms with Crippen LogP contribution in [0.25, 0.3) is 22.5 Å². The number of sulfonamides is 2. The number of hydrogen-bond donors (Lipinski definition) is 5. The van der Waals surface area contributed by atoms with Crippen molar-refractivity contribution in [1.29, 1.82) is 0 Å². The summed E-state index contributed by atoms with van der Waals surface area (Å²) in [5, 5.41) is 22.1. The van der Waals surface area contributed by atoms with Crippen LogP contribution in [-0.4, -0.2) is 62.1 Å². The molecule has 13 nitrogen and oxygen atoms in total. The van der Waals surface area contributed by atoms with E-state index in [0.29, 0.717) is 17.7 Å². The van der Waals surface area contributed by atoms with E-state index in [4.69, 9.17) is 10.9 Å². The summed E-state index contributed by atoms with van der Waals surface area (Å²) in [4.78, 5) is 2.87. The van der Waals surface area contributed by atoms with Crippen LogP contribution in [-0.2, 0) is 20.0 Å². The van der Waals surface area contributed by atoms with E-state index in [2.05, 4.69) is 35.6 Å². The van der Waals surface area contributed by atoms with E-state index in [1.165, 1.54) is 24.4 Å². The molecule has 170 valence electrons. The topological polar surface area (TPSA) is 212 Å². The molecule has 0 spiro atoms. The fourth-order valence-electron chi connectivity index (χ4n) is 3.55. The van der Waals surface area contributed by atoms with Crippen molar-refractivity contribution in [3.8, 4) is 22.5 Å². The minimum atomic E-state index is -4.55. The highest BCUT2D eigenvalue weighted by Gasteiger charge is 2.32. The summed E-state index contributed by atoms with van der Waals surface area (Å²) in [6.45, 7) is 1.61. The first-order valence-corrected chi connectivity index (χ1v) is 12.6. The highest BCUT2D eigenvalue weighted by atomic mass is 32.2. The molecule has 3 aromatic rings. The van der Waals surface area contributed by atoms with E-state index in [-0.39, 0.29) is 29.7 Å². The van der Waals surface area contributed by atoms with Crippen LogP contribution in [0.4, 0.5) is 5.82 Å². The molecule has 1 aliphatic heterocycles. The molecule has 0 saturated carbocycles. The van der Waals surface area contributed by atoms with E-state index >= 15 is 0 Å². The van der Waals surface area contributed by atoms with Gasteiger partial charge in [0.25, 0.3) is 0 Å². The molecule has 0 unspecified atom stereocenters. The maximum Gasteiger partial charge on any atom is 0.241 e. The molecular formula is C17H21N9O4S2. The fraction of sp³-hybridized carbons (Fsp3) is 0.294. The van der Waals surface area contributed by atoms with Gasteiger partial charge in [-0.15, -0.1) is 10.2 Å². The maximum absolute atomic E-state index is 13.1. The summed E-state index contributed by atoms with van der Waals surface area (Å²) in [5.74, 6) is 0.212. The lowest BCUT2D eigenvalue weighted by Gasteiger charge is -2.17. The molecule has 2 aromatic heterocycles. The predicted octanol–water partition coefficient (Wildman–Crippen LogP) is -0.954. The molecule has 0 bridgehead atoms. The summed E-state index contributed by atoms with van der Waals surface area (Å²) in [7, 11) is -8.79. The Balaban J connectivity index is 1.92. The van der Waals surface area contributed by atoms with Crippen molar-refractivity contribution in [2.75, 3.05) is 25.4 Å². The van der Waals surface area contributed by atoms with Crippen LogP contribution >= 0.6 is 0 Å². The molecule has 0 radical (unpaired) electrons. The van der Waals surface area contributed by atoms with Gasteiger partial charge in [0.05, 0.1) is 5.56 Å². The van der Waals surface area contributed by atoms with Crippen LogP contribution in [0.2, 0.25) is 0 Å². The number of benzene rings is 1. The molecule has 4 rings (SSSR count). The molecule has 1 atom stereocenters. The lowest BCUT2D eigenvalue weighted by molar-refractivity contribution is 0.536. The standard InChI is InChI=1S/C17H21N9O4S2/c18-14-4-1-11(9-21-14)12-2-3-13(32(29,30)22-8-10-5-6-20-7-10)16(31(19,27)28)15(12)17-23-25-26-24-17/h1-4,9-10,20,22H,5-8H2,(H2,18,21)(H2,19,27,28)(H,23,24,25,26)/t10-/m0/s1. The number of tetrazole rings is 1. The summed E-state index contributed by atoms with van der Waals surface area (Å²) >= 11 is 0. The van der Waals surface area contributed by atoms with Crippen molar-refractivity contribution >= 4 is 25.9 Å². The highest BCUT2D eigenvalue weighted by Crippen LogP contribution is 2.38. The van der Waals surface area contributed by atoms with Gasteiger partial charge in [0.15, 0.2) is 0 Å². The average Bonchev–Trinajstić information content (AvgIpc) is 3.45. The van der Waals surface area contributed by atoms with Crippen LogP contribution in [0.15, 0.2) is 40.3 Å². The van der Waals surface area contributed by atoms with E-state index in [9.17, 15) is 16.8 Å². The van der Waals surface area contributed by atoms with Gasteiger partial charge in [-0.05, 0) is 54.4 Å². The Morgan fingerprint density at radius 3 is 2.56 bits per heavy atom. The largest absolute Gasteiger partial charge is 0.384 e. The Kier molecular flexibility index (Phi) is 5.91. The predicted molar refractivity (Wildman–Crippen MR) is 115 cm³/mol. The van der Waals surface area contributed by atoms with Gasteiger partial charge >= 0.3 is 0 Å². The van der Waals surface area contributed by atoms with Gasteiger partial charge in [0.1, 0.15) is 15.6 Å². The summed E-state index contributed by atoms with van der Waals surface area (Å²) < 4.78 is 54.1. The molecular weight excluding hydrogens is 458 g/mol. The molecule has 1 aliphatic rings. The number of aromatic amines is 1. The monoisotopic (exact) mass is 479 g/mol. The first-order chi connectivity index (χ1) is 15.2. The van der Waals surface area contributed by atoms with Crippen molar-refractivity contribution in [1.82, 2.24) is 35.6 Å². The van der Waals surface area contributed by atoms with Gasteiger partial charge in [-0.25, -0.2) is 31.7 Å². The SMILES string of the molecule is Nc1ccc(-c2ccc(S(=O)(=O)NC[C@H]3CCNC3)c(S(N)(=O)=O)c2-c2nn[nH]n2)cn1. The van der Waals surface area contributed by atoms with Crippen molar-refractivity contribution in [2.24, 2.45) is 11.1 Å². The molecule has 0 aliphatic carbocycles. The maximum atomic E-state index is 13.1. The molecule has 3 heterocycles. The van der Waals surface area contributed by atoms with E-state index in [0.717, 1.165) is 13.0 Å². The zero-order valence-corrected chi connectivity index (χ0v) is 18.3. The van der Waals surface area contributed by atoms with Crippen LogP contribution in [0.1, 0.15) is 6.42 Å². The Hall–Kier alpha value is -2.98. The molecule has 1 fully saturated rings. The van der Waals surface area contributed by atoms with Crippen molar-refractivity contribution in [2.45, 2.75) is 16.2 Å². The summed E-state index contributed by atoms with van der Waals surface area (Å²) in [5.41, 5.74) is 6.28. The molecule has 7 N–H and O–H groups in total. The first kappa shape index (κ1) is 22.2. The molecule has 0 amide bonds. The summed E-state index contributed by atoms with van der Waals surface area (Å²) in [6.07, 6.45) is 2.22. The number of rotatable bonds is 7. The number of aromatic nitrogens is 5. The lowest BCUT2D eigenvalue weighted by atomic mass is 10.0. The van der Waals surface area contributed by atoms with Gasteiger partial charge in [0, 0.05) is 18.3 Å². The number of nitrogens with zero attached hydrogens (tertiary/aromatic N) is 4. The van der Waals surface area contributed by atoms with Crippen LogP contribution < -0.4 is 20.9 Å². The van der Waals surface area contributed by atoms with Crippen LogP contribution in [0, 0.1) is 5.92 Å². The minimum absolute atomic E-state index is 0.0968. The lowest BCUT2D eigenvalue weighted by Crippen LogP contribution is -2.32. The van der Waals surface area contributed by atoms with Crippen LogP contribution in [0.5, 0.6) is 0 Å². The second kappa shape index (κ2) is 8.51. The third-order valence-corrected chi connectivity index (χ3v) is 7.67. The quantitative estimate of drug-likeness (QED) is 0.280. The Morgan fingerprint density at radius 1 is 1.16 bits per heavy atom. The third kappa shape index (κ3) is 4.46. The Morgan fingerprint density at radius 2 is 1.97 bits per heavy atom. The number of hydrogen-bond acceptors (Lipinski definition) is 10. The molecule has 32 heavy (non-hydrogen) atoms. The number of anilines is 1. The Bertz CT molecular complexity index is 1320. The number of primary sulfonamides is 1. The highest BCUT2D eigenvalue weighted by molar-refractivity contribution is 7.92. The Labute approximate surface area is 184 Å². The normalized spacial score (nSPS) is 17.0. The number of nitrogens with one attached hydrogen (secondary N) is 3. The first-order valence-electron chi connectivity index (χ1n) is 9.53. The van der Waals surface area contributed by atoms with Gasteiger partial charge in [-0.1, -0.05) is 6.07 Å². The fourth-order valence-corrected chi connectivity index (χ4v) is 6.26. The van der Waals surface area contributed by atoms with Crippen molar-refractivity contribution < 1.29 is 16.8 Å². The van der Waals surface area contributed by atoms with Gasteiger partial charge in [-0.2, -0.15) is 5.21 Å². The molecule has 15 heteroatoms. The van der Waals surface area contributed by atoms with Crippen molar-refractivity contribution in [3.63, 3.8) is 0 Å². The van der Waals surface area contributed by atoms with Gasteiger partial charge in [-0.3, -0.25) is 0 Å². The smallest absolute Gasteiger partial charge is 0.241 e. The number of H-pyrrole nitrogens is 1. The van der Waals surface area contributed by atoms with E-state index in [1.807, 2.05) is 0 Å². The summed E-state index contributed by atoms with van der Waals surface area (Å²) in [6, 6.07) is 5.75. The number of nitrogen functional groups attached to an aromatic ring is 1. The van der Waals surface area contributed by atoms with E-state index < -0.39 is 29.8 Å². The second-order valence-corrected chi connectivity index (χ2v) is 10.5. The number of pyridine rings is 1. The van der Waals surface area contributed by atoms with Gasteiger partial charge in [0.2, 0.25) is 25.9 Å². The zero-order valence-electron chi connectivity index (χ0n) is 16.7. The van der Waals surface area contributed by atoms with Crippen molar-refractivity contribution in [3.05, 3.63) is 30.5 Å². The third-order valence-electron chi connectivity index (χ3n) is 5.09. The molecule has 1 aromatic carbocycles. The average molecular weight is 480 g/mol. The van der Waals surface area contributed by atoms with Gasteiger partial charge < -0.3 is 11.1 Å².